The van der Waals surface area contributed by atoms with Crippen molar-refractivity contribution in [3.8, 4) is 11.4 Å². The number of aromatic nitrogens is 3. The molecule has 0 bridgehead atoms. The Morgan fingerprint density at radius 3 is 2.75 bits per heavy atom. The number of fused-ring (bicyclic) bond motifs is 1. The zero-order valence-electron chi connectivity index (χ0n) is 18.3. The van der Waals surface area contributed by atoms with Gasteiger partial charge in [-0.3, -0.25) is 14.3 Å². The van der Waals surface area contributed by atoms with Crippen LogP contribution in [-0.2, 0) is 4.79 Å². The minimum atomic E-state index is -0.311. The van der Waals surface area contributed by atoms with E-state index in [1.165, 1.54) is 23.9 Å². The quantitative estimate of drug-likeness (QED) is 0.547. The van der Waals surface area contributed by atoms with E-state index in [0.29, 0.717) is 11.8 Å². The number of thioether (sulfide) groups is 1. The van der Waals surface area contributed by atoms with Crippen molar-refractivity contribution in [1.29, 1.82) is 0 Å². The van der Waals surface area contributed by atoms with Gasteiger partial charge in [-0.15, -0.1) is 10.2 Å². The highest BCUT2D eigenvalue weighted by atomic mass is 32.2. The fraction of sp³-hybridized carbons (Fsp3) is 0.348. The van der Waals surface area contributed by atoms with E-state index in [-0.39, 0.29) is 29.6 Å². The summed E-state index contributed by atoms with van der Waals surface area (Å²) in [6.07, 6.45) is 0.726. The number of rotatable bonds is 7. The number of amides is 1. The number of benzene rings is 2. The van der Waals surface area contributed by atoms with Gasteiger partial charge in [0, 0.05) is 17.7 Å². The number of carbonyl (C=O) groups excluding carboxylic acids is 1. The van der Waals surface area contributed by atoms with E-state index in [4.69, 9.17) is 4.74 Å². The van der Waals surface area contributed by atoms with Gasteiger partial charge in [-0.25, -0.2) is 4.39 Å². The van der Waals surface area contributed by atoms with E-state index >= 15 is 0 Å². The number of nitrogens with one attached hydrogen (secondary N) is 1. The smallest absolute Gasteiger partial charge is 0.230 e. The van der Waals surface area contributed by atoms with Crippen molar-refractivity contribution < 1.29 is 13.9 Å². The molecule has 1 N–H and O–H groups in total. The molecule has 1 amide bonds. The van der Waals surface area contributed by atoms with Crippen LogP contribution in [0.2, 0.25) is 0 Å². The minimum Gasteiger partial charge on any atom is -0.493 e. The molecule has 0 saturated carbocycles. The van der Waals surface area contributed by atoms with E-state index in [1.807, 2.05) is 54.8 Å². The second-order valence-electron chi connectivity index (χ2n) is 7.88. The zero-order chi connectivity index (χ0) is 22.7. The molecule has 2 heterocycles. The Labute approximate surface area is 191 Å². The van der Waals surface area contributed by atoms with Crippen LogP contribution >= 0.6 is 11.8 Å². The third-order valence-corrected chi connectivity index (χ3v) is 6.45. The molecule has 2 atom stereocenters. The number of halogens is 1. The average Bonchev–Trinajstić information content (AvgIpc) is 3.21. The summed E-state index contributed by atoms with van der Waals surface area (Å²) in [7, 11) is 3.92. The van der Waals surface area contributed by atoms with Crippen molar-refractivity contribution in [3.05, 3.63) is 65.7 Å². The van der Waals surface area contributed by atoms with Crippen molar-refractivity contribution in [2.45, 2.75) is 30.6 Å². The Balaban J connectivity index is 1.51. The summed E-state index contributed by atoms with van der Waals surface area (Å²) in [6.45, 7) is 2.59. The normalized spacial score (nSPS) is 16.3. The molecule has 1 aliphatic heterocycles. The van der Waals surface area contributed by atoms with E-state index in [0.717, 1.165) is 29.2 Å². The van der Waals surface area contributed by atoms with E-state index in [9.17, 15) is 9.18 Å². The molecule has 2 aromatic carbocycles. The van der Waals surface area contributed by atoms with Crippen molar-refractivity contribution in [2.75, 3.05) is 26.5 Å². The first kappa shape index (κ1) is 22.3. The monoisotopic (exact) mass is 455 g/mol. The van der Waals surface area contributed by atoms with Crippen LogP contribution in [0.1, 0.15) is 36.8 Å². The highest BCUT2D eigenvalue weighted by Crippen LogP contribution is 2.32. The average molecular weight is 456 g/mol. The topological polar surface area (TPSA) is 72.3 Å². The molecule has 4 rings (SSSR count). The minimum absolute atomic E-state index is 0.0190. The van der Waals surface area contributed by atoms with E-state index in [1.54, 1.807) is 12.1 Å². The summed E-state index contributed by atoms with van der Waals surface area (Å²) >= 11 is 1.31. The van der Waals surface area contributed by atoms with Gasteiger partial charge in [0.25, 0.3) is 0 Å². The Morgan fingerprint density at radius 2 is 2.00 bits per heavy atom. The molecule has 1 aliphatic rings. The van der Waals surface area contributed by atoms with Gasteiger partial charge < -0.3 is 10.1 Å². The van der Waals surface area contributed by atoms with Gasteiger partial charge in [0.2, 0.25) is 5.91 Å². The number of nitrogens with zero attached hydrogens (tertiary/aromatic N) is 4. The van der Waals surface area contributed by atoms with Gasteiger partial charge in [0.05, 0.1) is 24.4 Å². The van der Waals surface area contributed by atoms with Crippen molar-refractivity contribution in [1.82, 2.24) is 25.0 Å². The zero-order valence-corrected chi connectivity index (χ0v) is 19.1. The highest BCUT2D eigenvalue weighted by Gasteiger charge is 2.24. The molecular weight excluding hydrogens is 429 g/mol. The van der Waals surface area contributed by atoms with E-state index < -0.39 is 0 Å². The lowest BCUT2D eigenvalue weighted by Gasteiger charge is -2.26. The van der Waals surface area contributed by atoms with Crippen LogP contribution in [0.3, 0.4) is 0 Å². The van der Waals surface area contributed by atoms with Crippen molar-refractivity contribution in [2.24, 2.45) is 0 Å². The fourth-order valence-electron chi connectivity index (χ4n) is 3.57. The summed E-state index contributed by atoms with van der Waals surface area (Å²) in [5.41, 5.74) is 1.75. The second kappa shape index (κ2) is 9.70. The molecule has 32 heavy (non-hydrogen) atoms. The second-order valence-corrected chi connectivity index (χ2v) is 8.82. The predicted molar refractivity (Wildman–Crippen MR) is 122 cm³/mol. The van der Waals surface area contributed by atoms with Crippen LogP contribution in [0.25, 0.3) is 5.69 Å². The SMILES string of the molecule is C[C@@H](c1nnc(SCC(=O)N[C@H]2CCOc3ccccc32)n1-c1ccc(F)cc1)N(C)C. The van der Waals surface area contributed by atoms with Crippen LogP contribution in [-0.4, -0.2) is 52.0 Å². The van der Waals surface area contributed by atoms with Crippen molar-refractivity contribution >= 4 is 17.7 Å². The molecule has 0 spiro atoms. The number of ether oxygens (including phenoxy) is 1. The summed E-state index contributed by atoms with van der Waals surface area (Å²) in [6, 6.07) is 13.9. The van der Waals surface area contributed by atoms with Crippen LogP contribution in [0.4, 0.5) is 4.39 Å². The summed E-state index contributed by atoms with van der Waals surface area (Å²) in [4.78, 5) is 14.8. The Kier molecular flexibility index (Phi) is 6.76. The van der Waals surface area contributed by atoms with Crippen LogP contribution in [0, 0.1) is 5.82 Å². The summed E-state index contributed by atoms with van der Waals surface area (Å²) < 4.78 is 21.0. The molecular formula is C23H26FN5O2S. The maximum Gasteiger partial charge on any atom is 0.230 e. The number of hydrogen-bond acceptors (Lipinski definition) is 6. The number of hydrogen-bond donors (Lipinski definition) is 1. The summed E-state index contributed by atoms with van der Waals surface area (Å²) in [5.74, 6) is 1.33. The van der Waals surface area contributed by atoms with Gasteiger partial charge >= 0.3 is 0 Å². The highest BCUT2D eigenvalue weighted by molar-refractivity contribution is 7.99. The maximum absolute atomic E-state index is 13.5. The predicted octanol–water partition coefficient (Wildman–Crippen LogP) is 3.76. The first-order valence-corrected chi connectivity index (χ1v) is 11.4. The van der Waals surface area contributed by atoms with Gasteiger partial charge in [-0.05, 0) is 51.4 Å². The Hall–Kier alpha value is -2.91. The third kappa shape index (κ3) is 4.78. The first-order valence-electron chi connectivity index (χ1n) is 10.5. The van der Waals surface area contributed by atoms with Crippen LogP contribution in [0.5, 0.6) is 5.75 Å². The third-order valence-electron chi connectivity index (χ3n) is 5.52. The van der Waals surface area contributed by atoms with Crippen LogP contribution in [0.15, 0.2) is 53.7 Å². The summed E-state index contributed by atoms with van der Waals surface area (Å²) in [5, 5.41) is 12.4. The molecule has 0 aliphatic carbocycles. The molecule has 1 aromatic heterocycles. The number of para-hydroxylation sites is 1. The van der Waals surface area contributed by atoms with E-state index in [2.05, 4.69) is 15.5 Å². The van der Waals surface area contributed by atoms with Gasteiger partial charge in [-0.2, -0.15) is 0 Å². The largest absolute Gasteiger partial charge is 0.493 e. The van der Waals surface area contributed by atoms with Gasteiger partial charge in [0.15, 0.2) is 11.0 Å². The maximum atomic E-state index is 13.5. The van der Waals surface area contributed by atoms with Gasteiger partial charge in [-0.1, -0.05) is 30.0 Å². The molecule has 0 fully saturated rings. The Morgan fingerprint density at radius 1 is 1.25 bits per heavy atom. The van der Waals surface area contributed by atoms with Gasteiger partial charge in [0.1, 0.15) is 11.6 Å². The lowest BCUT2D eigenvalue weighted by atomic mass is 10.0. The molecule has 0 unspecified atom stereocenters. The van der Waals surface area contributed by atoms with Crippen molar-refractivity contribution in [3.63, 3.8) is 0 Å². The Bertz CT molecular complexity index is 1090. The first-order chi connectivity index (χ1) is 15.4. The fourth-order valence-corrected chi connectivity index (χ4v) is 4.34. The molecule has 9 heteroatoms. The molecule has 0 saturated heterocycles. The van der Waals surface area contributed by atoms with Crippen LogP contribution < -0.4 is 10.1 Å². The lowest BCUT2D eigenvalue weighted by Crippen LogP contribution is -2.33. The number of carbonyl (C=O) groups is 1. The molecule has 3 aromatic rings. The standard InChI is InChI=1S/C23H26FN5O2S/c1-15(28(2)3)22-26-27-23(29(22)17-10-8-16(24)9-11-17)32-14-21(30)25-19-12-13-31-20-7-5-4-6-18(19)20/h4-11,15,19H,12-14H2,1-3H3,(H,25,30)/t15-,19-/m0/s1. The molecule has 0 radical (unpaired) electrons. The molecule has 7 nitrogen and oxygen atoms in total. The molecule has 168 valence electrons. The lowest BCUT2D eigenvalue weighted by molar-refractivity contribution is -0.119.